The second-order valence-corrected chi connectivity index (χ2v) is 22.1. The van der Waals surface area contributed by atoms with Crippen LogP contribution in [0.25, 0.3) is 22.2 Å². The fourth-order valence-electron chi connectivity index (χ4n) is 8.68. The molecule has 0 bridgehead atoms. The van der Waals surface area contributed by atoms with Crippen molar-refractivity contribution in [3.63, 3.8) is 0 Å². The van der Waals surface area contributed by atoms with Gasteiger partial charge in [-0.3, -0.25) is 19.8 Å². The fourth-order valence-corrected chi connectivity index (χ4v) is 10.6. The number of aromatic amines is 1. The van der Waals surface area contributed by atoms with E-state index in [0.717, 1.165) is 77.6 Å². The van der Waals surface area contributed by atoms with Crippen molar-refractivity contribution in [1.29, 1.82) is 0 Å². The van der Waals surface area contributed by atoms with Crippen LogP contribution in [-0.4, -0.2) is 98.1 Å². The quantitative estimate of drug-likeness (QED) is 0.0797. The van der Waals surface area contributed by atoms with Crippen LogP contribution < -0.4 is 14.2 Å². The summed E-state index contributed by atoms with van der Waals surface area (Å²) >= 11 is 6.23. The summed E-state index contributed by atoms with van der Waals surface area (Å²) in [7, 11) is -8.25. The first-order valence-corrected chi connectivity index (χ1v) is 25.2. The Bertz CT molecular complexity index is 2980. The highest BCUT2D eigenvalue weighted by Gasteiger charge is 2.39. The Kier molecular flexibility index (Phi) is 13.2. The molecule has 3 aliphatic rings. The maximum atomic E-state index is 15.6. The molecule has 3 aromatic carbocycles. The van der Waals surface area contributed by atoms with E-state index in [-0.39, 0.29) is 42.7 Å². The van der Waals surface area contributed by atoms with Crippen LogP contribution in [0.5, 0.6) is 17.2 Å². The molecule has 2 aromatic heterocycles. The van der Waals surface area contributed by atoms with Gasteiger partial charge in [-0.15, -0.1) is 0 Å². The van der Waals surface area contributed by atoms with Crippen molar-refractivity contribution < 1.29 is 40.4 Å². The second-order valence-electron chi connectivity index (χ2n) is 18.0. The standard InChI is InChI=1S/C47H50ClFN6O9S2/c1-46(2)16-12-35(40(27-46)32-4-7-36(48)8-5-32)29-53-20-14-31(15-21-53)33-6-10-39(43(25-33)64-37-24-34-13-19-50-44(34)51-28-37)45(56)52-66(61,62)38-9-11-42(41(26-38)55(57)58)63-30-47(49)17-22-54(23-18-47)65(3,59)60/h4-11,13-14,19,24-26,28H,12,15-18,20-23,27,29-30H2,1-3H3,(H,50,51)(H,52,56). The van der Waals surface area contributed by atoms with Gasteiger partial charge in [0.1, 0.15) is 29.4 Å². The molecule has 1 amide bonds. The summed E-state index contributed by atoms with van der Waals surface area (Å²) in [6, 6.07) is 19.3. The minimum Gasteiger partial charge on any atom is -0.483 e. The highest BCUT2D eigenvalue weighted by Crippen LogP contribution is 2.44. The molecule has 4 heterocycles. The number of piperidine rings is 1. The maximum Gasteiger partial charge on any atom is 0.312 e. The molecule has 2 N–H and O–H groups in total. The predicted octanol–water partition coefficient (Wildman–Crippen LogP) is 8.93. The summed E-state index contributed by atoms with van der Waals surface area (Å²) in [5.74, 6) is -1.10. The molecule has 0 unspecified atom stereocenters. The fraction of sp³-hybridized carbons (Fsp3) is 0.362. The van der Waals surface area contributed by atoms with E-state index in [1.807, 2.05) is 22.9 Å². The highest BCUT2D eigenvalue weighted by atomic mass is 35.5. The van der Waals surface area contributed by atoms with E-state index in [1.165, 1.54) is 29.0 Å². The third-order valence-electron chi connectivity index (χ3n) is 12.5. The number of hydrogen-bond acceptors (Lipinski definition) is 11. The normalized spacial score (nSPS) is 18.2. The van der Waals surface area contributed by atoms with Gasteiger partial charge in [0.15, 0.2) is 5.75 Å². The number of fused-ring (bicyclic) bond motifs is 1. The lowest BCUT2D eigenvalue weighted by Crippen LogP contribution is -2.46. The largest absolute Gasteiger partial charge is 0.483 e. The molecule has 5 aromatic rings. The third-order valence-corrected chi connectivity index (χ3v) is 15.4. The van der Waals surface area contributed by atoms with Crippen LogP contribution in [0.15, 0.2) is 102 Å². The number of carbonyl (C=O) groups excluding carboxylic acids is 1. The van der Waals surface area contributed by atoms with Gasteiger partial charge in [-0.05, 0) is 115 Å². The summed E-state index contributed by atoms with van der Waals surface area (Å²) in [6.45, 7) is 6.12. The van der Waals surface area contributed by atoms with Crippen molar-refractivity contribution in [1.82, 2.24) is 23.9 Å². The van der Waals surface area contributed by atoms with Crippen molar-refractivity contribution in [3.05, 3.63) is 129 Å². The van der Waals surface area contributed by atoms with Gasteiger partial charge in [0, 0.05) is 55.4 Å². The zero-order chi connectivity index (χ0) is 47.0. The van der Waals surface area contributed by atoms with E-state index >= 15 is 4.39 Å². The van der Waals surface area contributed by atoms with Gasteiger partial charge < -0.3 is 14.5 Å². The summed E-state index contributed by atoms with van der Waals surface area (Å²) in [5, 5.41) is 13.6. The van der Waals surface area contributed by atoms with Gasteiger partial charge in [-0.1, -0.05) is 55.3 Å². The number of nitrogens with zero attached hydrogens (tertiary/aromatic N) is 4. The molecule has 1 fully saturated rings. The van der Waals surface area contributed by atoms with Crippen molar-refractivity contribution in [2.45, 2.75) is 62.9 Å². The third kappa shape index (κ3) is 10.8. The van der Waals surface area contributed by atoms with E-state index in [4.69, 9.17) is 21.1 Å². The van der Waals surface area contributed by atoms with Crippen LogP contribution in [0.2, 0.25) is 5.02 Å². The minimum absolute atomic E-state index is 0.0556. The number of hydrogen-bond donors (Lipinski definition) is 2. The van der Waals surface area contributed by atoms with Crippen LogP contribution in [-0.2, 0) is 20.0 Å². The van der Waals surface area contributed by atoms with Crippen LogP contribution in [0.1, 0.15) is 73.9 Å². The molecular formula is C47H50ClFN6O9S2. The zero-order valence-corrected chi connectivity index (χ0v) is 39.1. The first-order chi connectivity index (χ1) is 31.2. The van der Waals surface area contributed by atoms with Crippen molar-refractivity contribution in [2.75, 3.05) is 45.6 Å². The van der Waals surface area contributed by atoms with E-state index < -0.39 is 59.5 Å². The number of carbonyl (C=O) groups is 1. The lowest BCUT2D eigenvalue weighted by Gasteiger charge is -2.36. The zero-order valence-electron chi connectivity index (χ0n) is 36.7. The monoisotopic (exact) mass is 960 g/mol. The highest BCUT2D eigenvalue weighted by molar-refractivity contribution is 7.90. The maximum absolute atomic E-state index is 15.6. The first-order valence-electron chi connectivity index (χ1n) is 21.5. The smallest absolute Gasteiger partial charge is 0.312 e. The van der Waals surface area contributed by atoms with Crippen molar-refractivity contribution in [2.24, 2.45) is 5.41 Å². The Morgan fingerprint density at radius 2 is 1.70 bits per heavy atom. The van der Waals surface area contributed by atoms with E-state index in [9.17, 15) is 31.7 Å². The van der Waals surface area contributed by atoms with Crippen LogP contribution in [0.3, 0.4) is 0 Å². The number of halogens is 2. The Labute approximate surface area is 387 Å². The Morgan fingerprint density at radius 3 is 2.39 bits per heavy atom. The number of alkyl halides is 1. The molecule has 348 valence electrons. The van der Waals surface area contributed by atoms with Gasteiger partial charge >= 0.3 is 5.69 Å². The minimum atomic E-state index is -4.73. The molecule has 1 aliphatic carbocycles. The SMILES string of the molecule is CC1(C)CCC(CN2CC=C(c3ccc(C(=O)NS(=O)(=O)c4ccc(OCC5(F)CCN(S(C)(=O)=O)CC5)c([N+](=O)[O-])c4)c(Oc4cnc5[nH]ccc5c4)c3)CC2)=C(c2ccc(Cl)cc2)C1. The number of sulfonamides is 2. The van der Waals surface area contributed by atoms with E-state index in [0.29, 0.717) is 29.4 Å². The average Bonchev–Trinajstić information content (AvgIpc) is 3.74. The molecular weight excluding hydrogens is 911 g/mol. The predicted molar refractivity (Wildman–Crippen MR) is 250 cm³/mol. The summed E-state index contributed by atoms with van der Waals surface area (Å²) in [5.41, 5.74) is 3.75. The lowest BCUT2D eigenvalue weighted by molar-refractivity contribution is -0.386. The number of nitro benzene ring substituents is 1. The number of H-pyrrole nitrogens is 1. The van der Waals surface area contributed by atoms with E-state index in [1.54, 1.807) is 24.4 Å². The topological polar surface area (TPSA) is 194 Å². The Balaban J connectivity index is 1.01. The number of amides is 1. The van der Waals surface area contributed by atoms with Crippen molar-refractivity contribution >= 4 is 65.4 Å². The van der Waals surface area contributed by atoms with Gasteiger partial charge in [0.25, 0.3) is 15.9 Å². The van der Waals surface area contributed by atoms with Gasteiger partial charge in [-0.2, -0.15) is 0 Å². The molecule has 15 nitrogen and oxygen atoms in total. The molecule has 0 atom stereocenters. The van der Waals surface area contributed by atoms with Crippen molar-refractivity contribution in [3.8, 4) is 17.2 Å². The summed E-state index contributed by atoms with van der Waals surface area (Å²) < 4.78 is 81.7. The second kappa shape index (κ2) is 18.6. The molecule has 19 heteroatoms. The summed E-state index contributed by atoms with van der Waals surface area (Å²) in [6.07, 6.45) is 9.80. The number of rotatable bonds is 14. The number of nitro groups is 1. The van der Waals surface area contributed by atoms with Gasteiger partial charge in [0.05, 0.1) is 27.8 Å². The molecule has 0 spiro atoms. The number of nitrogens with one attached hydrogen (secondary N) is 2. The van der Waals surface area contributed by atoms with Gasteiger partial charge in [-0.25, -0.2) is 35.2 Å². The lowest BCUT2D eigenvalue weighted by atomic mass is 9.72. The van der Waals surface area contributed by atoms with Crippen LogP contribution in [0, 0.1) is 15.5 Å². The van der Waals surface area contributed by atoms with Crippen LogP contribution in [0.4, 0.5) is 10.1 Å². The number of ether oxygens (including phenoxy) is 2. The number of aromatic nitrogens is 2. The molecule has 8 rings (SSSR count). The molecule has 66 heavy (non-hydrogen) atoms. The molecule has 0 saturated carbocycles. The Hall–Kier alpha value is -5.66. The molecule has 1 saturated heterocycles. The Morgan fingerprint density at radius 1 is 0.955 bits per heavy atom. The molecule has 2 aliphatic heterocycles. The summed E-state index contributed by atoms with van der Waals surface area (Å²) in [4.78, 5) is 34.4. The van der Waals surface area contributed by atoms with Crippen LogP contribution >= 0.6 is 11.6 Å². The number of benzene rings is 3. The average molecular weight is 962 g/mol. The van der Waals surface area contributed by atoms with Gasteiger partial charge in [0.2, 0.25) is 10.0 Å². The molecule has 0 radical (unpaired) electrons. The first kappa shape index (κ1) is 46.9. The van der Waals surface area contributed by atoms with E-state index in [2.05, 4.69) is 46.9 Å². The number of allylic oxidation sites excluding steroid dienone is 1. The number of pyridine rings is 1.